The molecule has 1 aromatic rings. The Labute approximate surface area is 113 Å². The number of allylic oxidation sites excluding steroid dienone is 4. The van der Waals surface area contributed by atoms with Gasteiger partial charge in [-0.2, -0.15) is 0 Å². The zero-order chi connectivity index (χ0) is 10.7. The van der Waals surface area contributed by atoms with Crippen molar-refractivity contribution >= 4 is 44.5 Å². The van der Waals surface area contributed by atoms with E-state index in [0.717, 1.165) is 11.4 Å². The number of hydrogen-bond acceptors (Lipinski definition) is 3. The summed E-state index contributed by atoms with van der Waals surface area (Å²) in [5, 5.41) is 9.08. The van der Waals surface area contributed by atoms with Crippen molar-refractivity contribution in [2.45, 2.75) is 0 Å². The first-order valence-corrected chi connectivity index (χ1v) is 4.52. The zero-order valence-electron chi connectivity index (χ0n) is 8.63. The number of nitrogens with zero attached hydrogens (tertiary/aromatic N) is 1. The van der Waals surface area contributed by atoms with Crippen molar-refractivity contribution in [3.63, 3.8) is 0 Å². The van der Waals surface area contributed by atoms with Crippen molar-refractivity contribution in [2.24, 2.45) is 4.99 Å². The number of carbonyl (C=O) groups is 1. The average Bonchev–Trinajstić information content (AvgIpc) is 2.25. The van der Waals surface area contributed by atoms with Crippen molar-refractivity contribution in [1.29, 1.82) is 0 Å². The summed E-state index contributed by atoms with van der Waals surface area (Å²) in [6.45, 7) is 0. The minimum absolute atomic E-state index is 0. The van der Waals surface area contributed by atoms with E-state index in [1.54, 1.807) is 36.4 Å². The van der Waals surface area contributed by atoms with Crippen LogP contribution in [0.2, 0.25) is 0 Å². The monoisotopic (exact) mass is 409 g/mol. The summed E-state index contributed by atoms with van der Waals surface area (Å²) in [6.07, 6.45) is 6.27. The third-order valence-electron chi connectivity index (χ3n) is 1.94. The first kappa shape index (κ1) is 12.8. The Morgan fingerprint density at radius 3 is 2.06 bits per heavy atom. The van der Waals surface area contributed by atoms with Gasteiger partial charge < -0.3 is 5.11 Å². The van der Waals surface area contributed by atoms with E-state index in [1.807, 2.05) is 0 Å². The van der Waals surface area contributed by atoms with Crippen molar-refractivity contribution in [3.05, 3.63) is 48.6 Å². The van der Waals surface area contributed by atoms with Crippen LogP contribution in [0.5, 0.6) is 5.75 Å². The molecule has 0 saturated carbocycles. The fourth-order valence-corrected chi connectivity index (χ4v) is 1.20. The second-order valence-electron chi connectivity index (χ2n) is 3.12. The molecule has 1 N–H and O–H groups in total. The number of phenols is 1. The molecule has 0 aliphatic heterocycles. The Morgan fingerprint density at radius 2 is 1.50 bits per heavy atom. The molecule has 0 aromatic heterocycles. The third-order valence-corrected chi connectivity index (χ3v) is 1.94. The van der Waals surface area contributed by atoms with Gasteiger partial charge >= 0.3 is 27.3 Å². The van der Waals surface area contributed by atoms with Gasteiger partial charge in [0.2, 0.25) is 0 Å². The molecule has 1 aliphatic carbocycles. The van der Waals surface area contributed by atoms with E-state index in [9.17, 15) is 4.79 Å². The molecule has 1 aliphatic rings. The van der Waals surface area contributed by atoms with E-state index in [2.05, 4.69) is 4.99 Å². The number of carbonyl (C=O) groups excluding carboxylic acids is 1. The molecule has 0 saturated heterocycles. The number of phenolic OH excluding ortho intramolecular Hbond substituents is 1. The van der Waals surface area contributed by atoms with Gasteiger partial charge in [0.05, 0.1) is 11.4 Å². The number of aromatic hydroxyl groups is 1. The SMILES string of the molecule is O=C1C=CC(=Nc2ccc(O)cc2)C=C1.[PbH2]. The normalized spacial score (nSPS) is 13.5. The van der Waals surface area contributed by atoms with Crippen LogP contribution in [0.3, 0.4) is 0 Å². The number of ketones is 1. The Kier molecular flexibility index (Phi) is 4.60. The second-order valence-corrected chi connectivity index (χ2v) is 3.12. The molecular weight excluding hydrogens is 397 g/mol. The quantitative estimate of drug-likeness (QED) is 0.562. The summed E-state index contributed by atoms with van der Waals surface area (Å²) in [6, 6.07) is 6.56. The minimum atomic E-state index is -0.0281. The number of benzene rings is 1. The predicted octanol–water partition coefficient (Wildman–Crippen LogP) is 1.24. The summed E-state index contributed by atoms with van der Waals surface area (Å²) in [5.41, 5.74) is 1.46. The Bertz CT molecular complexity index is 454. The molecule has 0 heterocycles. The van der Waals surface area contributed by atoms with Crippen LogP contribution in [0.4, 0.5) is 5.69 Å². The molecule has 0 atom stereocenters. The van der Waals surface area contributed by atoms with Gasteiger partial charge in [-0.1, -0.05) is 0 Å². The van der Waals surface area contributed by atoms with Gasteiger partial charge in [-0.3, -0.25) is 4.79 Å². The molecule has 1 aromatic carbocycles. The van der Waals surface area contributed by atoms with Crippen LogP contribution in [-0.4, -0.2) is 43.9 Å². The fourth-order valence-electron chi connectivity index (χ4n) is 1.20. The molecule has 2 rings (SSSR count). The zero-order valence-corrected chi connectivity index (χ0v) is 14.1. The van der Waals surface area contributed by atoms with Crippen LogP contribution < -0.4 is 0 Å². The van der Waals surface area contributed by atoms with E-state index in [4.69, 9.17) is 5.11 Å². The standard InChI is InChI=1S/C12H9NO2.Pb.2H/c14-11-5-1-9(2-6-11)13-10-3-7-12(15)8-4-10;;;/h1-8,14H;;;. The molecular formula is C12H11NO2Pb. The van der Waals surface area contributed by atoms with Crippen LogP contribution in [0, 0.1) is 0 Å². The molecule has 3 nitrogen and oxygen atoms in total. The number of rotatable bonds is 1. The van der Waals surface area contributed by atoms with E-state index in [0.29, 0.717) is 0 Å². The maximum atomic E-state index is 10.8. The number of aliphatic imine (C=N–C) groups is 1. The van der Waals surface area contributed by atoms with E-state index >= 15 is 0 Å². The van der Waals surface area contributed by atoms with Gasteiger partial charge in [-0.15, -0.1) is 0 Å². The van der Waals surface area contributed by atoms with Crippen LogP contribution in [0.15, 0.2) is 53.6 Å². The summed E-state index contributed by atoms with van der Waals surface area (Å²) in [4.78, 5) is 15.1. The molecule has 0 bridgehead atoms. The summed E-state index contributed by atoms with van der Waals surface area (Å²) in [7, 11) is 0. The van der Waals surface area contributed by atoms with Crippen LogP contribution in [0.25, 0.3) is 0 Å². The molecule has 0 fully saturated rings. The fraction of sp³-hybridized carbons (Fsp3) is 0. The van der Waals surface area contributed by atoms with Crippen molar-refractivity contribution in [3.8, 4) is 5.75 Å². The van der Waals surface area contributed by atoms with Gasteiger partial charge in [0, 0.05) is 0 Å². The van der Waals surface area contributed by atoms with E-state index in [-0.39, 0.29) is 38.8 Å². The molecule has 0 spiro atoms. The molecule has 2 radical (unpaired) electrons. The van der Waals surface area contributed by atoms with Gasteiger partial charge in [-0.25, -0.2) is 4.99 Å². The maximum absolute atomic E-state index is 10.8. The van der Waals surface area contributed by atoms with Crippen LogP contribution in [0.1, 0.15) is 0 Å². The molecule has 16 heavy (non-hydrogen) atoms. The van der Waals surface area contributed by atoms with Crippen LogP contribution in [-0.2, 0) is 4.79 Å². The first-order chi connectivity index (χ1) is 7.24. The second kappa shape index (κ2) is 5.74. The molecule has 80 valence electrons. The average molecular weight is 408 g/mol. The third kappa shape index (κ3) is 3.41. The number of hydrogen-bond donors (Lipinski definition) is 1. The van der Waals surface area contributed by atoms with E-state index in [1.165, 1.54) is 12.2 Å². The predicted molar refractivity (Wildman–Crippen MR) is 67.0 cm³/mol. The molecule has 0 unspecified atom stereocenters. The first-order valence-electron chi connectivity index (χ1n) is 4.52. The van der Waals surface area contributed by atoms with E-state index < -0.39 is 0 Å². The van der Waals surface area contributed by atoms with Gasteiger partial charge in [-0.05, 0) is 48.6 Å². The molecule has 4 heteroatoms. The Hall–Kier alpha value is -1.24. The van der Waals surface area contributed by atoms with Crippen LogP contribution >= 0.6 is 0 Å². The van der Waals surface area contributed by atoms with Gasteiger partial charge in [0.25, 0.3) is 0 Å². The van der Waals surface area contributed by atoms with Gasteiger partial charge in [0.15, 0.2) is 5.78 Å². The van der Waals surface area contributed by atoms with Crippen molar-refractivity contribution < 1.29 is 9.90 Å². The van der Waals surface area contributed by atoms with Crippen molar-refractivity contribution in [2.75, 3.05) is 0 Å². The Balaban J connectivity index is 0.00000128. The topological polar surface area (TPSA) is 49.7 Å². The molecule has 0 amide bonds. The van der Waals surface area contributed by atoms with Crippen molar-refractivity contribution in [1.82, 2.24) is 0 Å². The summed E-state index contributed by atoms with van der Waals surface area (Å²) < 4.78 is 0. The summed E-state index contributed by atoms with van der Waals surface area (Å²) >= 11 is 0. The van der Waals surface area contributed by atoms with Gasteiger partial charge in [0.1, 0.15) is 5.75 Å². The summed E-state index contributed by atoms with van der Waals surface area (Å²) in [5.74, 6) is 0.184. The Morgan fingerprint density at radius 1 is 0.938 bits per heavy atom.